The topological polar surface area (TPSA) is 35.6 Å². The highest BCUT2D eigenvalue weighted by Crippen LogP contribution is 2.25. The molecule has 4 heteroatoms. The van der Waals surface area contributed by atoms with Crippen LogP contribution in [0.3, 0.4) is 0 Å². The van der Waals surface area contributed by atoms with E-state index in [1.807, 2.05) is 24.3 Å². The van der Waals surface area contributed by atoms with Crippen LogP contribution in [-0.4, -0.2) is 49.6 Å². The monoisotopic (exact) mass is 345 g/mol. The van der Waals surface area contributed by atoms with Crippen LogP contribution in [0, 0.1) is 5.92 Å². The van der Waals surface area contributed by atoms with Crippen molar-refractivity contribution in [2.45, 2.75) is 52.5 Å². The van der Waals surface area contributed by atoms with Crippen LogP contribution in [0.1, 0.15) is 57.3 Å². The Morgan fingerprint density at radius 1 is 1.28 bits per heavy atom. The van der Waals surface area contributed by atoms with Gasteiger partial charge in [-0.1, -0.05) is 13.3 Å². The van der Waals surface area contributed by atoms with Crippen molar-refractivity contribution in [3.63, 3.8) is 0 Å². The van der Waals surface area contributed by atoms with Crippen LogP contribution < -0.4 is 10.2 Å². The number of carbonyl (C=O) groups excluding carboxylic acids is 1. The second-order valence-corrected chi connectivity index (χ2v) is 7.92. The Hall–Kier alpha value is -1.55. The summed E-state index contributed by atoms with van der Waals surface area (Å²) >= 11 is 0. The molecule has 2 rings (SSSR count). The minimum Gasteiger partial charge on any atom is -0.375 e. The van der Waals surface area contributed by atoms with E-state index in [1.54, 1.807) is 0 Å². The number of nitrogens with zero attached hydrogens (tertiary/aromatic N) is 2. The molecule has 0 bridgehead atoms. The molecule has 1 saturated heterocycles. The Morgan fingerprint density at radius 3 is 2.56 bits per heavy atom. The van der Waals surface area contributed by atoms with E-state index < -0.39 is 0 Å². The van der Waals surface area contributed by atoms with Gasteiger partial charge in [-0.2, -0.15) is 0 Å². The van der Waals surface area contributed by atoms with Crippen molar-refractivity contribution in [1.29, 1.82) is 0 Å². The molecule has 1 unspecified atom stereocenters. The number of anilines is 1. The van der Waals surface area contributed by atoms with Gasteiger partial charge in [-0.05, 0) is 70.3 Å². The molecule has 1 aliphatic rings. The zero-order valence-electron chi connectivity index (χ0n) is 16.6. The van der Waals surface area contributed by atoms with Gasteiger partial charge >= 0.3 is 0 Å². The van der Waals surface area contributed by atoms with Gasteiger partial charge in [0.05, 0.1) is 0 Å². The fourth-order valence-electron chi connectivity index (χ4n) is 3.51. The van der Waals surface area contributed by atoms with E-state index in [0.29, 0.717) is 6.54 Å². The van der Waals surface area contributed by atoms with Crippen molar-refractivity contribution in [1.82, 2.24) is 10.2 Å². The largest absolute Gasteiger partial charge is 0.375 e. The normalized spacial score (nSPS) is 18.8. The van der Waals surface area contributed by atoms with Crippen LogP contribution in [0.25, 0.3) is 0 Å². The van der Waals surface area contributed by atoms with Crippen molar-refractivity contribution < 1.29 is 4.79 Å². The number of nitrogens with one attached hydrogen (secondary N) is 1. The van der Waals surface area contributed by atoms with Gasteiger partial charge in [0.1, 0.15) is 0 Å². The molecule has 0 spiro atoms. The molecule has 1 heterocycles. The van der Waals surface area contributed by atoms with Gasteiger partial charge in [-0.15, -0.1) is 0 Å². The van der Waals surface area contributed by atoms with E-state index in [0.717, 1.165) is 36.8 Å². The summed E-state index contributed by atoms with van der Waals surface area (Å²) in [6.07, 6.45) is 3.85. The fraction of sp³-hybridized carbons (Fsp3) is 0.667. The Kier molecular flexibility index (Phi) is 6.88. The van der Waals surface area contributed by atoms with Gasteiger partial charge in [-0.25, -0.2) is 0 Å². The predicted octanol–water partition coefficient (Wildman–Crippen LogP) is 3.77. The van der Waals surface area contributed by atoms with Crippen molar-refractivity contribution in [3.05, 3.63) is 29.8 Å². The minimum absolute atomic E-state index is 0.00807. The SMILES string of the molecule is CCC1CCCN(C(C)(C)CNC(=O)c2ccc(N(C)CC)cc2)C1. The lowest BCUT2D eigenvalue weighted by molar-refractivity contribution is 0.0612. The maximum Gasteiger partial charge on any atom is 0.251 e. The molecular weight excluding hydrogens is 310 g/mol. The number of benzene rings is 1. The third-order valence-electron chi connectivity index (χ3n) is 5.68. The fourth-order valence-corrected chi connectivity index (χ4v) is 3.51. The summed E-state index contributed by atoms with van der Waals surface area (Å²) in [7, 11) is 2.06. The summed E-state index contributed by atoms with van der Waals surface area (Å²) in [5.41, 5.74) is 1.86. The number of hydrogen-bond donors (Lipinski definition) is 1. The van der Waals surface area contributed by atoms with E-state index in [4.69, 9.17) is 0 Å². The average molecular weight is 346 g/mol. The van der Waals surface area contributed by atoms with Crippen LogP contribution >= 0.6 is 0 Å². The van der Waals surface area contributed by atoms with Gasteiger partial charge in [0, 0.05) is 43.5 Å². The summed E-state index contributed by atoms with van der Waals surface area (Å²) in [6.45, 7) is 12.8. The maximum absolute atomic E-state index is 12.5. The number of hydrogen-bond acceptors (Lipinski definition) is 3. The third kappa shape index (κ3) is 5.21. The predicted molar refractivity (Wildman–Crippen MR) is 106 cm³/mol. The Bertz CT molecular complexity index is 553. The van der Waals surface area contributed by atoms with Crippen LogP contribution in [0.4, 0.5) is 5.69 Å². The first kappa shape index (κ1) is 19.8. The van der Waals surface area contributed by atoms with Crippen molar-refractivity contribution in [2.24, 2.45) is 5.92 Å². The molecule has 140 valence electrons. The lowest BCUT2D eigenvalue weighted by Crippen LogP contribution is -2.54. The summed E-state index contributed by atoms with van der Waals surface area (Å²) in [5.74, 6) is 0.814. The molecule has 1 aliphatic heterocycles. The molecule has 1 fully saturated rings. The zero-order valence-corrected chi connectivity index (χ0v) is 16.6. The molecular formula is C21H35N3O. The van der Waals surface area contributed by atoms with Crippen molar-refractivity contribution in [2.75, 3.05) is 38.1 Å². The summed E-state index contributed by atoms with van der Waals surface area (Å²) in [4.78, 5) is 17.2. The molecule has 1 aromatic rings. The lowest BCUT2D eigenvalue weighted by Gasteiger charge is -2.43. The van der Waals surface area contributed by atoms with Gasteiger partial charge in [0.15, 0.2) is 0 Å². The molecule has 1 amide bonds. The number of likely N-dealkylation sites (tertiary alicyclic amines) is 1. The van der Waals surface area contributed by atoms with E-state index in [9.17, 15) is 4.79 Å². The molecule has 0 aliphatic carbocycles. The standard InChI is InChI=1S/C21H35N3O/c1-6-17-9-8-14-24(15-17)21(3,4)16-22-20(25)18-10-12-19(13-11-18)23(5)7-2/h10-13,17H,6-9,14-16H2,1-5H3,(H,22,25). The Morgan fingerprint density at radius 2 is 1.96 bits per heavy atom. The minimum atomic E-state index is -0.00807. The molecule has 0 aromatic heterocycles. The van der Waals surface area contributed by atoms with Gasteiger partial charge in [-0.3, -0.25) is 9.69 Å². The average Bonchev–Trinajstić information content (AvgIpc) is 2.65. The smallest absolute Gasteiger partial charge is 0.251 e. The van der Waals surface area contributed by atoms with E-state index in [2.05, 4.69) is 49.9 Å². The van der Waals surface area contributed by atoms with Gasteiger partial charge < -0.3 is 10.2 Å². The van der Waals surface area contributed by atoms with Crippen LogP contribution in [0.5, 0.6) is 0 Å². The third-order valence-corrected chi connectivity index (χ3v) is 5.68. The highest BCUT2D eigenvalue weighted by Gasteiger charge is 2.31. The summed E-state index contributed by atoms with van der Waals surface area (Å²) < 4.78 is 0. The summed E-state index contributed by atoms with van der Waals surface area (Å²) in [6, 6.07) is 7.86. The summed E-state index contributed by atoms with van der Waals surface area (Å²) in [5, 5.41) is 3.14. The number of rotatable bonds is 7. The quantitative estimate of drug-likeness (QED) is 0.817. The molecule has 0 radical (unpaired) electrons. The first-order valence-electron chi connectivity index (χ1n) is 9.71. The number of amides is 1. The second-order valence-electron chi connectivity index (χ2n) is 7.92. The number of piperidine rings is 1. The van der Waals surface area contributed by atoms with Crippen LogP contribution in [0.15, 0.2) is 24.3 Å². The van der Waals surface area contributed by atoms with Crippen molar-refractivity contribution >= 4 is 11.6 Å². The molecule has 25 heavy (non-hydrogen) atoms. The van der Waals surface area contributed by atoms with Gasteiger partial charge in [0.2, 0.25) is 0 Å². The Labute approximate surface area is 153 Å². The van der Waals surface area contributed by atoms with E-state index >= 15 is 0 Å². The van der Waals surface area contributed by atoms with Gasteiger partial charge in [0.25, 0.3) is 5.91 Å². The molecule has 1 atom stereocenters. The highest BCUT2D eigenvalue weighted by atomic mass is 16.1. The molecule has 0 saturated carbocycles. The van der Waals surface area contributed by atoms with E-state index in [1.165, 1.54) is 19.3 Å². The van der Waals surface area contributed by atoms with Crippen molar-refractivity contribution in [3.8, 4) is 0 Å². The molecule has 1 aromatic carbocycles. The maximum atomic E-state index is 12.5. The van der Waals surface area contributed by atoms with Crippen LogP contribution in [-0.2, 0) is 0 Å². The molecule has 1 N–H and O–H groups in total. The first-order chi connectivity index (χ1) is 11.9. The Balaban J connectivity index is 1.91. The lowest BCUT2D eigenvalue weighted by atomic mass is 9.91. The van der Waals surface area contributed by atoms with E-state index in [-0.39, 0.29) is 11.4 Å². The molecule has 4 nitrogen and oxygen atoms in total. The van der Waals surface area contributed by atoms with Crippen LogP contribution in [0.2, 0.25) is 0 Å². The second kappa shape index (κ2) is 8.70. The zero-order chi connectivity index (χ0) is 18.4. The number of carbonyl (C=O) groups is 1. The first-order valence-corrected chi connectivity index (χ1v) is 9.71. The highest BCUT2D eigenvalue weighted by molar-refractivity contribution is 5.94.